The molecule has 0 spiro atoms. The SMILES string of the molecule is Cc1cc(C(=O)CCc2sc(-c3cc(F)cc(CF)c3)nc2C(C)C)ccc1OC(C)(C)CO. The molecular weight excluding hydrogens is 456 g/mol. The Morgan fingerprint density at radius 2 is 1.94 bits per heavy atom. The summed E-state index contributed by atoms with van der Waals surface area (Å²) in [5.74, 6) is 0.282. The number of hydrogen-bond acceptors (Lipinski definition) is 5. The highest BCUT2D eigenvalue weighted by atomic mass is 32.1. The van der Waals surface area contributed by atoms with Crippen molar-refractivity contribution in [2.75, 3.05) is 6.61 Å². The van der Waals surface area contributed by atoms with E-state index in [2.05, 4.69) is 0 Å². The van der Waals surface area contributed by atoms with Crippen molar-refractivity contribution in [1.82, 2.24) is 4.98 Å². The molecule has 0 saturated carbocycles. The first-order chi connectivity index (χ1) is 16.0. The zero-order chi connectivity index (χ0) is 25.0. The number of aromatic nitrogens is 1. The zero-order valence-electron chi connectivity index (χ0n) is 20.2. The third kappa shape index (κ3) is 6.27. The molecule has 3 aromatic rings. The van der Waals surface area contributed by atoms with Gasteiger partial charge in [-0.3, -0.25) is 4.79 Å². The van der Waals surface area contributed by atoms with E-state index in [9.17, 15) is 18.7 Å². The molecular formula is C27H31F2NO3S. The summed E-state index contributed by atoms with van der Waals surface area (Å²) in [7, 11) is 0. The van der Waals surface area contributed by atoms with Crippen LogP contribution in [0.4, 0.5) is 8.78 Å². The van der Waals surface area contributed by atoms with E-state index < -0.39 is 18.1 Å². The highest BCUT2D eigenvalue weighted by Crippen LogP contribution is 2.34. The number of benzene rings is 2. The molecule has 0 saturated heterocycles. The van der Waals surface area contributed by atoms with Crippen molar-refractivity contribution >= 4 is 17.1 Å². The predicted molar refractivity (Wildman–Crippen MR) is 132 cm³/mol. The summed E-state index contributed by atoms with van der Waals surface area (Å²) in [6.07, 6.45) is 0.826. The van der Waals surface area contributed by atoms with Crippen molar-refractivity contribution < 1.29 is 23.4 Å². The lowest BCUT2D eigenvalue weighted by atomic mass is 10.0. The number of rotatable bonds is 10. The molecule has 0 radical (unpaired) electrons. The number of halogens is 2. The summed E-state index contributed by atoms with van der Waals surface area (Å²) in [4.78, 5) is 18.6. The molecule has 1 heterocycles. The summed E-state index contributed by atoms with van der Waals surface area (Å²) < 4.78 is 32.9. The summed E-state index contributed by atoms with van der Waals surface area (Å²) >= 11 is 1.42. The van der Waals surface area contributed by atoms with Crippen LogP contribution in [0.5, 0.6) is 5.75 Å². The highest BCUT2D eigenvalue weighted by Gasteiger charge is 2.21. The molecule has 182 valence electrons. The van der Waals surface area contributed by atoms with E-state index in [1.165, 1.54) is 23.5 Å². The van der Waals surface area contributed by atoms with Crippen LogP contribution in [0.3, 0.4) is 0 Å². The molecule has 0 aliphatic carbocycles. The number of aryl methyl sites for hydroxylation is 2. The summed E-state index contributed by atoms with van der Waals surface area (Å²) in [6.45, 7) is 8.66. The Hall–Kier alpha value is -2.64. The standard InChI is InChI=1S/C27H31F2NO3S/c1-16(2)25-24(34-26(30-25)20-11-18(14-28)12-21(29)13-20)9-7-22(32)19-6-8-23(17(3)10-19)33-27(4,5)15-31/h6,8,10-13,16,31H,7,9,14-15H2,1-5H3. The second-order valence-electron chi connectivity index (χ2n) is 9.39. The zero-order valence-corrected chi connectivity index (χ0v) is 21.1. The van der Waals surface area contributed by atoms with Crippen LogP contribution in [0.2, 0.25) is 0 Å². The lowest BCUT2D eigenvalue weighted by molar-refractivity contribution is 0.0406. The molecule has 1 aromatic heterocycles. The van der Waals surface area contributed by atoms with Gasteiger partial charge >= 0.3 is 0 Å². The third-order valence-electron chi connectivity index (χ3n) is 5.48. The average molecular weight is 488 g/mol. The molecule has 3 rings (SSSR count). The molecule has 0 fully saturated rings. The van der Waals surface area contributed by atoms with Crippen molar-refractivity contribution in [2.24, 2.45) is 0 Å². The van der Waals surface area contributed by atoms with Crippen LogP contribution < -0.4 is 4.74 Å². The Labute approximate surface area is 203 Å². The quantitative estimate of drug-likeness (QED) is 0.319. The number of aliphatic hydroxyl groups excluding tert-OH is 1. The number of alkyl halides is 1. The van der Waals surface area contributed by atoms with Gasteiger partial charge < -0.3 is 9.84 Å². The number of thiazole rings is 1. The van der Waals surface area contributed by atoms with Crippen LogP contribution in [-0.4, -0.2) is 28.1 Å². The van der Waals surface area contributed by atoms with Crippen molar-refractivity contribution in [3.8, 4) is 16.3 Å². The number of hydrogen-bond donors (Lipinski definition) is 1. The van der Waals surface area contributed by atoms with Crippen LogP contribution in [0.1, 0.15) is 72.1 Å². The van der Waals surface area contributed by atoms with Gasteiger partial charge in [0.25, 0.3) is 0 Å². The fourth-order valence-corrected chi connectivity index (χ4v) is 4.81. The Balaban J connectivity index is 1.78. The van der Waals surface area contributed by atoms with E-state index in [0.717, 1.165) is 16.1 Å². The van der Waals surface area contributed by atoms with Gasteiger partial charge in [-0.05, 0) is 80.6 Å². The molecule has 2 aromatic carbocycles. The molecule has 7 heteroatoms. The van der Waals surface area contributed by atoms with Crippen molar-refractivity contribution in [2.45, 2.75) is 65.7 Å². The first kappa shape index (κ1) is 26.0. The summed E-state index contributed by atoms with van der Waals surface area (Å²) in [6, 6.07) is 9.47. The lowest BCUT2D eigenvalue weighted by Gasteiger charge is -2.25. The summed E-state index contributed by atoms with van der Waals surface area (Å²) in [5.41, 5.74) is 2.42. The first-order valence-electron chi connectivity index (χ1n) is 11.3. The fraction of sp³-hybridized carbons (Fsp3) is 0.407. The normalized spacial score (nSPS) is 11.8. The molecule has 0 aliphatic heterocycles. The van der Waals surface area contributed by atoms with Gasteiger partial charge in [0.2, 0.25) is 0 Å². The number of Topliss-reactive ketones (excluding diaryl/α,β-unsaturated/α-hetero) is 1. The average Bonchev–Trinajstić information content (AvgIpc) is 3.23. The molecule has 0 amide bonds. The molecule has 0 bridgehead atoms. The van der Waals surface area contributed by atoms with Gasteiger partial charge in [-0.2, -0.15) is 0 Å². The predicted octanol–water partition coefficient (Wildman–Crippen LogP) is 6.82. The van der Waals surface area contributed by atoms with Gasteiger partial charge in [0.1, 0.15) is 28.8 Å². The number of aliphatic hydroxyl groups is 1. The van der Waals surface area contributed by atoms with Crippen molar-refractivity contribution in [3.63, 3.8) is 0 Å². The van der Waals surface area contributed by atoms with Crippen molar-refractivity contribution in [3.05, 3.63) is 69.5 Å². The van der Waals surface area contributed by atoms with Crippen LogP contribution in [0.25, 0.3) is 10.6 Å². The molecule has 0 unspecified atom stereocenters. The molecule has 0 aliphatic rings. The molecule has 34 heavy (non-hydrogen) atoms. The molecule has 0 atom stereocenters. The van der Waals surface area contributed by atoms with E-state index >= 15 is 0 Å². The Bertz CT molecular complexity index is 1170. The summed E-state index contributed by atoms with van der Waals surface area (Å²) in [5, 5.41) is 10.1. The largest absolute Gasteiger partial charge is 0.485 e. The van der Waals surface area contributed by atoms with Gasteiger partial charge in [0, 0.05) is 22.4 Å². The van der Waals surface area contributed by atoms with Gasteiger partial charge in [0.05, 0.1) is 12.3 Å². The van der Waals surface area contributed by atoms with Gasteiger partial charge in [0.15, 0.2) is 5.78 Å². The minimum absolute atomic E-state index is 0.00574. The highest BCUT2D eigenvalue weighted by molar-refractivity contribution is 7.15. The van der Waals surface area contributed by atoms with Gasteiger partial charge in [-0.25, -0.2) is 13.8 Å². The van der Waals surface area contributed by atoms with E-state index in [1.54, 1.807) is 38.1 Å². The van der Waals surface area contributed by atoms with Crippen LogP contribution in [-0.2, 0) is 13.1 Å². The number of ether oxygens (including phenoxy) is 1. The second kappa shape index (κ2) is 10.7. The number of carbonyl (C=O) groups is 1. The maximum atomic E-state index is 13.9. The molecule has 4 nitrogen and oxygen atoms in total. The maximum Gasteiger partial charge on any atom is 0.163 e. The maximum absolute atomic E-state index is 13.9. The number of carbonyl (C=O) groups excluding carboxylic acids is 1. The lowest BCUT2D eigenvalue weighted by Crippen LogP contribution is -2.32. The monoisotopic (exact) mass is 487 g/mol. The van der Waals surface area contributed by atoms with Gasteiger partial charge in [-0.15, -0.1) is 11.3 Å². The van der Waals surface area contributed by atoms with Gasteiger partial charge in [-0.1, -0.05) is 13.8 Å². The van der Waals surface area contributed by atoms with Crippen LogP contribution in [0.15, 0.2) is 36.4 Å². The van der Waals surface area contributed by atoms with E-state index in [-0.39, 0.29) is 23.9 Å². The number of ketones is 1. The minimum atomic E-state index is -0.741. The van der Waals surface area contributed by atoms with E-state index in [1.807, 2.05) is 20.8 Å². The Morgan fingerprint density at radius 3 is 2.56 bits per heavy atom. The third-order valence-corrected chi connectivity index (χ3v) is 6.66. The Morgan fingerprint density at radius 1 is 1.21 bits per heavy atom. The topological polar surface area (TPSA) is 59.4 Å². The fourth-order valence-electron chi connectivity index (χ4n) is 3.61. The smallest absolute Gasteiger partial charge is 0.163 e. The second-order valence-corrected chi connectivity index (χ2v) is 10.5. The minimum Gasteiger partial charge on any atom is -0.485 e. The van der Waals surface area contributed by atoms with Crippen LogP contribution >= 0.6 is 11.3 Å². The van der Waals surface area contributed by atoms with E-state index in [4.69, 9.17) is 9.72 Å². The molecule has 1 N–H and O–H groups in total. The van der Waals surface area contributed by atoms with E-state index in [0.29, 0.717) is 34.7 Å². The Kier molecular flexibility index (Phi) is 8.21. The van der Waals surface area contributed by atoms with Crippen molar-refractivity contribution in [1.29, 1.82) is 0 Å². The number of nitrogens with zero attached hydrogens (tertiary/aromatic N) is 1. The first-order valence-corrected chi connectivity index (χ1v) is 12.1. The van der Waals surface area contributed by atoms with Crippen LogP contribution in [0, 0.1) is 12.7 Å².